The number of pyridine rings is 1. The Hall–Kier alpha value is -2.23. The molecule has 0 saturated heterocycles. The number of hydrogen-bond donors (Lipinski definition) is 1. The maximum Gasteiger partial charge on any atom is 0.257 e. The highest BCUT2D eigenvalue weighted by Gasteiger charge is 2.22. The van der Waals surface area contributed by atoms with Gasteiger partial charge < -0.3 is 5.32 Å². The number of nitrogens with one attached hydrogen (secondary N) is 1. The van der Waals surface area contributed by atoms with Gasteiger partial charge in [-0.15, -0.1) is 0 Å². The largest absolute Gasteiger partial charge is 0.319 e. The van der Waals surface area contributed by atoms with Crippen LogP contribution in [0.1, 0.15) is 6.42 Å². The molecule has 16 heavy (non-hydrogen) atoms. The fraction of sp³-hybridized carbons (Fsp3) is 0.0833. The van der Waals surface area contributed by atoms with Crippen molar-refractivity contribution in [3.63, 3.8) is 0 Å². The molecule has 1 aromatic rings. The fourth-order valence-electron chi connectivity index (χ4n) is 1.76. The Morgan fingerprint density at radius 1 is 1.38 bits per heavy atom. The number of amides is 1. The van der Waals surface area contributed by atoms with Crippen LogP contribution in [0, 0.1) is 0 Å². The summed E-state index contributed by atoms with van der Waals surface area (Å²) >= 11 is 0. The maximum atomic E-state index is 11.9. The van der Waals surface area contributed by atoms with Crippen LogP contribution in [-0.4, -0.2) is 16.6 Å². The van der Waals surface area contributed by atoms with Crippen LogP contribution in [0.5, 0.6) is 0 Å². The first kappa shape index (κ1) is 9.03. The van der Waals surface area contributed by atoms with Crippen molar-refractivity contribution in [1.82, 2.24) is 4.98 Å². The number of aliphatic imine (C=N–C) groups is 1. The van der Waals surface area contributed by atoms with E-state index < -0.39 is 0 Å². The molecule has 2 heterocycles. The molecule has 0 saturated carbocycles. The van der Waals surface area contributed by atoms with Crippen molar-refractivity contribution in [1.29, 1.82) is 0 Å². The molecule has 1 N–H and O–H groups in total. The van der Waals surface area contributed by atoms with Crippen molar-refractivity contribution in [3.05, 3.63) is 42.1 Å². The molecule has 4 heteroatoms. The lowest BCUT2D eigenvalue weighted by Crippen LogP contribution is -2.19. The van der Waals surface area contributed by atoms with Crippen molar-refractivity contribution >= 4 is 23.1 Å². The second kappa shape index (κ2) is 3.41. The number of hydrogen-bond acceptors (Lipinski definition) is 3. The van der Waals surface area contributed by atoms with Crippen molar-refractivity contribution in [2.75, 3.05) is 5.32 Å². The van der Waals surface area contributed by atoms with Gasteiger partial charge in [0.25, 0.3) is 5.91 Å². The fourth-order valence-corrected chi connectivity index (χ4v) is 1.76. The Bertz CT molecular complexity index is 555. The maximum absolute atomic E-state index is 11.9. The van der Waals surface area contributed by atoms with E-state index in [1.54, 1.807) is 24.4 Å². The van der Waals surface area contributed by atoms with Gasteiger partial charge in [0.05, 0.1) is 17.0 Å². The predicted molar refractivity (Wildman–Crippen MR) is 61.8 cm³/mol. The second-order valence-corrected chi connectivity index (χ2v) is 3.60. The number of fused-ring (bicyclic) bond motifs is 2. The van der Waals surface area contributed by atoms with Gasteiger partial charge in [0.2, 0.25) is 0 Å². The molecule has 0 unspecified atom stereocenters. The topological polar surface area (TPSA) is 54.4 Å². The number of rotatable bonds is 0. The Morgan fingerprint density at radius 2 is 2.31 bits per heavy atom. The quantitative estimate of drug-likeness (QED) is 0.713. The van der Waals surface area contributed by atoms with Crippen molar-refractivity contribution in [3.8, 4) is 0 Å². The molecular formula is C12H9N3O. The van der Waals surface area contributed by atoms with Crippen LogP contribution < -0.4 is 5.32 Å². The van der Waals surface area contributed by atoms with E-state index >= 15 is 0 Å². The molecule has 1 aromatic heterocycles. The van der Waals surface area contributed by atoms with Crippen LogP contribution in [-0.2, 0) is 4.79 Å². The Labute approximate surface area is 92.4 Å². The highest BCUT2D eigenvalue weighted by molar-refractivity contribution is 6.28. The Kier molecular flexibility index (Phi) is 1.93. The van der Waals surface area contributed by atoms with E-state index in [2.05, 4.69) is 15.3 Å². The first-order chi connectivity index (χ1) is 7.84. The molecular weight excluding hydrogens is 202 g/mol. The van der Waals surface area contributed by atoms with E-state index in [-0.39, 0.29) is 5.91 Å². The molecule has 0 fully saturated rings. The summed E-state index contributed by atoms with van der Waals surface area (Å²) in [7, 11) is 0. The minimum Gasteiger partial charge on any atom is -0.319 e. The number of aromatic nitrogens is 1. The summed E-state index contributed by atoms with van der Waals surface area (Å²) in [4.78, 5) is 20.5. The lowest BCUT2D eigenvalue weighted by Gasteiger charge is -2.07. The molecule has 4 nitrogen and oxygen atoms in total. The first-order valence-corrected chi connectivity index (χ1v) is 5.06. The number of allylic oxidation sites excluding steroid dienone is 3. The lowest BCUT2D eigenvalue weighted by molar-refractivity contribution is -0.112. The van der Waals surface area contributed by atoms with E-state index in [0.717, 1.165) is 5.71 Å². The zero-order valence-electron chi connectivity index (χ0n) is 8.47. The van der Waals surface area contributed by atoms with Gasteiger partial charge in [-0.25, -0.2) is 9.98 Å². The van der Waals surface area contributed by atoms with Crippen LogP contribution in [0.25, 0.3) is 0 Å². The van der Waals surface area contributed by atoms with Gasteiger partial charge in [0.1, 0.15) is 0 Å². The molecule has 2 aliphatic rings. The van der Waals surface area contributed by atoms with E-state index in [0.29, 0.717) is 23.5 Å². The summed E-state index contributed by atoms with van der Waals surface area (Å²) in [5.74, 6) is 0.458. The molecule has 78 valence electrons. The lowest BCUT2D eigenvalue weighted by atomic mass is 10.0. The predicted octanol–water partition coefficient (Wildman–Crippen LogP) is 1.99. The molecule has 0 bridgehead atoms. The number of carbonyl (C=O) groups excluding carboxylic acids is 1. The SMILES string of the molecule is O=C1Nc2cccnc2N=C2CC=CC=C12. The van der Waals surface area contributed by atoms with Crippen LogP contribution in [0.3, 0.4) is 0 Å². The standard InChI is InChI=1S/C12H9N3O/c16-12-8-4-1-2-5-9(8)14-11-10(15-12)6-3-7-13-11/h1-4,6-7H,5H2,(H,15,16). The molecule has 0 atom stereocenters. The van der Waals surface area contributed by atoms with Gasteiger partial charge in [0.15, 0.2) is 5.82 Å². The minimum absolute atomic E-state index is 0.116. The third-order valence-corrected chi connectivity index (χ3v) is 2.54. The molecule has 0 radical (unpaired) electrons. The minimum atomic E-state index is -0.116. The molecule has 0 spiro atoms. The number of carbonyl (C=O) groups is 1. The average Bonchev–Trinajstić information content (AvgIpc) is 2.45. The smallest absolute Gasteiger partial charge is 0.257 e. The highest BCUT2D eigenvalue weighted by Crippen LogP contribution is 2.27. The van der Waals surface area contributed by atoms with Crippen LogP contribution >= 0.6 is 0 Å². The van der Waals surface area contributed by atoms with Gasteiger partial charge in [-0.1, -0.05) is 12.2 Å². The van der Waals surface area contributed by atoms with E-state index in [9.17, 15) is 4.79 Å². The van der Waals surface area contributed by atoms with Crippen LogP contribution in [0.2, 0.25) is 0 Å². The molecule has 1 aliphatic heterocycles. The third-order valence-electron chi connectivity index (χ3n) is 2.54. The third kappa shape index (κ3) is 1.35. The molecule has 1 amide bonds. The zero-order valence-corrected chi connectivity index (χ0v) is 8.47. The summed E-state index contributed by atoms with van der Waals surface area (Å²) < 4.78 is 0. The molecule has 3 rings (SSSR count). The Morgan fingerprint density at radius 3 is 3.25 bits per heavy atom. The van der Waals surface area contributed by atoms with Crippen molar-refractivity contribution < 1.29 is 4.79 Å². The van der Waals surface area contributed by atoms with Gasteiger partial charge in [0, 0.05) is 12.6 Å². The highest BCUT2D eigenvalue weighted by atomic mass is 16.1. The average molecular weight is 211 g/mol. The van der Waals surface area contributed by atoms with Gasteiger partial charge in [-0.2, -0.15) is 0 Å². The summed E-state index contributed by atoms with van der Waals surface area (Å²) in [6, 6.07) is 3.58. The van der Waals surface area contributed by atoms with E-state index in [1.165, 1.54) is 0 Å². The summed E-state index contributed by atoms with van der Waals surface area (Å²) in [5, 5.41) is 2.80. The van der Waals surface area contributed by atoms with Crippen LogP contribution in [0.15, 0.2) is 47.1 Å². The van der Waals surface area contributed by atoms with Gasteiger partial charge in [-0.3, -0.25) is 4.79 Å². The molecule has 0 aromatic carbocycles. The van der Waals surface area contributed by atoms with Gasteiger partial charge in [-0.05, 0) is 18.2 Å². The summed E-state index contributed by atoms with van der Waals surface area (Å²) in [6.07, 6.45) is 7.97. The number of nitrogens with zero attached hydrogens (tertiary/aromatic N) is 2. The van der Waals surface area contributed by atoms with Crippen molar-refractivity contribution in [2.45, 2.75) is 6.42 Å². The molecule has 1 aliphatic carbocycles. The van der Waals surface area contributed by atoms with E-state index in [1.807, 2.05) is 12.2 Å². The van der Waals surface area contributed by atoms with Crippen molar-refractivity contribution in [2.24, 2.45) is 4.99 Å². The zero-order chi connectivity index (χ0) is 11.0. The van der Waals surface area contributed by atoms with E-state index in [4.69, 9.17) is 0 Å². The Balaban J connectivity index is 2.18. The van der Waals surface area contributed by atoms with Gasteiger partial charge >= 0.3 is 0 Å². The summed E-state index contributed by atoms with van der Waals surface area (Å²) in [6.45, 7) is 0. The first-order valence-electron chi connectivity index (χ1n) is 5.06. The van der Waals surface area contributed by atoms with Crippen LogP contribution in [0.4, 0.5) is 11.5 Å². The number of anilines is 1. The normalized spacial score (nSPS) is 17.6. The summed E-state index contributed by atoms with van der Waals surface area (Å²) in [5.41, 5.74) is 2.06. The monoisotopic (exact) mass is 211 g/mol. The second-order valence-electron chi connectivity index (χ2n) is 3.60.